The quantitative estimate of drug-likeness (QED) is 0.906. The Kier molecular flexibility index (Phi) is 5.15. The highest BCUT2D eigenvalue weighted by atomic mass is 35.5. The van der Waals surface area contributed by atoms with Crippen LogP contribution in [0.2, 0.25) is 0 Å². The molecule has 0 saturated heterocycles. The molecule has 7 heteroatoms. The van der Waals surface area contributed by atoms with Gasteiger partial charge >= 0.3 is 0 Å². The molecular formula is C11H17ClFN5. The van der Waals surface area contributed by atoms with E-state index in [1.807, 2.05) is 24.7 Å². The molecule has 2 rings (SSSR count). The Balaban J connectivity index is 0.00000162. The van der Waals surface area contributed by atoms with Crippen LogP contribution in [0.3, 0.4) is 0 Å². The average molecular weight is 274 g/mol. The van der Waals surface area contributed by atoms with Gasteiger partial charge in [0.2, 0.25) is 0 Å². The van der Waals surface area contributed by atoms with Crippen LogP contribution >= 0.6 is 12.4 Å². The molecule has 2 aromatic rings. The Morgan fingerprint density at radius 3 is 2.83 bits per heavy atom. The fourth-order valence-corrected chi connectivity index (χ4v) is 1.69. The fraction of sp³-hybridized carbons (Fsp3) is 0.455. The summed E-state index contributed by atoms with van der Waals surface area (Å²) < 4.78 is 15.5. The van der Waals surface area contributed by atoms with E-state index in [2.05, 4.69) is 15.5 Å². The smallest absolute Gasteiger partial charge is 0.109 e. The number of anilines is 1. The van der Waals surface area contributed by atoms with E-state index in [-0.39, 0.29) is 12.4 Å². The summed E-state index contributed by atoms with van der Waals surface area (Å²) in [5.41, 5.74) is 2.98. The summed E-state index contributed by atoms with van der Waals surface area (Å²) in [4.78, 5) is 0. The van der Waals surface area contributed by atoms with Crippen molar-refractivity contribution in [2.45, 2.75) is 20.0 Å². The monoisotopic (exact) mass is 273 g/mol. The Morgan fingerprint density at radius 1 is 1.44 bits per heavy atom. The van der Waals surface area contributed by atoms with Crippen molar-refractivity contribution in [3.8, 4) is 0 Å². The lowest BCUT2D eigenvalue weighted by atomic mass is 10.3. The van der Waals surface area contributed by atoms with Crippen LogP contribution in [-0.4, -0.2) is 26.2 Å². The summed E-state index contributed by atoms with van der Waals surface area (Å²) in [5.74, 6) is 0. The first-order valence-corrected chi connectivity index (χ1v) is 5.51. The zero-order valence-corrected chi connectivity index (χ0v) is 11.2. The number of rotatable bonds is 5. The number of hydrogen-bond donors (Lipinski definition) is 1. The molecule has 5 nitrogen and oxygen atoms in total. The van der Waals surface area contributed by atoms with Crippen LogP contribution < -0.4 is 5.32 Å². The number of aryl methyl sites for hydroxylation is 3. The van der Waals surface area contributed by atoms with Crippen LogP contribution in [0.5, 0.6) is 0 Å². The molecule has 100 valence electrons. The maximum atomic E-state index is 12.1. The maximum Gasteiger partial charge on any atom is 0.109 e. The summed E-state index contributed by atoms with van der Waals surface area (Å²) in [5, 5.41) is 11.5. The predicted molar refractivity (Wildman–Crippen MR) is 70.7 cm³/mol. The summed E-state index contributed by atoms with van der Waals surface area (Å²) in [6.45, 7) is 2.54. The van der Waals surface area contributed by atoms with Gasteiger partial charge in [-0.25, -0.2) is 4.39 Å². The second kappa shape index (κ2) is 6.39. The van der Waals surface area contributed by atoms with Crippen molar-refractivity contribution in [1.82, 2.24) is 19.6 Å². The molecular weight excluding hydrogens is 257 g/mol. The number of alkyl halides is 1. The Labute approximate surface area is 111 Å². The first-order valence-electron chi connectivity index (χ1n) is 5.51. The lowest BCUT2D eigenvalue weighted by Crippen LogP contribution is -2.05. The van der Waals surface area contributed by atoms with Gasteiger partial charge in [-0.2, -0.15) is 10.2 Å². The minimum Gasteiger partial charge on any atom is -0.377 e. The minimum atomic E-state index is -0.401. The van der Waals surface area contributed by atoms with Gasteiger partial charge in [0.05, 0.1) is 36.4 Å². The first-order chi connectivity index (χ1) is 8.19. The standard InChI is InChI=1S/C11H16FN5.ClH/c1-9-5-11(16(2)15-9)7-13-10-6-14-17(8-10)4-3-12;/h5-6,8,13H,3-4,7H2,1-2H3;1H. The van der Waals surface area contributed by atoms with E-state index in [9.17, 15) is 4.39 Å². The Morgan fingerprint density at radius 2 is 2.22 bits per heavy atom. The van der Waals surface area contributed by atoms with E-state index < -0.39 is 6.67 Å². The highest BCUT2D eigenvalue weighted by Crippen LogP contribution is 2.08. The van der Waals surface area contributed by atoms with Gasteiger partial charge in [0.1, 0.15) is 6.67 Å². The van der Waals surface area contributed by atoms with Crippen molar-refractivity contribution in [1.29, 1.82) is 0 Å². The highest BCUT2D eigenvalue weighted by molar-refractivity contribution is 5.85. The molecule has 0 aliphatic heterocycles. The van der Waals surface area contributed by atoms with Crippen LogP contribution in [-0.2, 0) is 20.1 Å². The molecule has 0 atom stereocenters. The third-order valence-electron chi connectivity index (χ3n) is 2.52. The lowest BCUT2D eigenvalue weighted by molar-refractivity contribution is 0.427. The summed E-state index contributed by atoms with van der Waals surface area (Å²) in [6.07, 6.45) is 3.49. The van der Waals surface area contributed by atoms with Gasteiger partial charge in [-0.05, 0) is 13.0 Å². The van der Waals surface area contributed by atoms with Gasteiger partial charge < -0.3 is 5.32 Å². The number of halogens is 2. The molecule has 0 amide bonds. The average Bonchev–Trinajstić information content (AvgIpc) is 2.83. The second-order valence-electron chi connectivity index (χ2n) is 3.94. The molecule has 0 aliphatic rings. The summed E-state index contributed by atoms with van der Waals surface area (Å²) in [7, 11) is 1.91. The summed E-state index contributed by atoms with van der Waals surface area (Å²) >= 11 is 0. The second-order valence-corrected chi connectivity index (χ2v) is 3.94. The van der Waals surface area contributed by atoms with Gasteiger partial charge in [0.15, 0.2) is 0 Å². The maximum absolute atomic E-state index is 12.1. The largest absolute Gasteiger partial charge is 0.377 e. The Bertz CT molecular complexity index is 493. The summed E-state index contributed by atoms with van der Waals surface area (Å²) in [6, 6.07) is 2.03. The van der Waals surface area contributed by atoms with Crippen molar-refractivity contribution < 1.29 is 4.39 Å². The van der Waals surface area contributed by atoms with Gasteiger partial charge in [0.25, 0.3) is 0 Å². The van der Waals surface area contributed by atoms with Crippen LogP contribution in [0.15, 0.2) is 18.5 Å². The molecule has 0 aromatic carbocycles. The van der Waals surface area contributed by atoms with E-state index in [0.29, 0.717) is 13.1 Å². The van der Waals surface area contributed by atoms with E-state index in [1.165, 1.54) is 0 Å². The number of hydrogen-bond acceptors (Lipinski definition) is 3. The predicted octanol–water partition coefficient (Wildman–Crippen LogP) is 1.93. The van der Waals surface area contributed by atoms with Crippen LogP contribution in [0.25, 0.3) is 0 Å². The topological polar surface area (TPSA) is 47.7 Å². The SMILES string of the molecule is Cc1cc(CNc2cnn(CCF)c2)n(C)n1.Cl. The molecule has 0 aliphatic carbocycles. The Hall–Kier alpha value is -1.56. The molecule has 1 N–H and O–H groups in total. The van der Waals surface area contributed by atoms with Gasteiger partial charge in [-0.3, -0.25) is 9.36 Å². The highest BCUT2D eigenvalue weighted by Gasteiger charge is 2.03. The molecule has 0 fully saturated rings. The van der Waals surface area contributed by atoms with E-state index in [4.69, 9.17) is 0 Å². The fourth-order valence-electron chi connectivity index (χ4n) is 1.69. The van der Waals surface area contributed by atoms with Gasteiger partial charge in [-0.1, -0.05) is 0 Å². The number of nitrogens with zero attached hydrogens (tertiary/aromatic N) is 4. The third-order valence-corrected chi connectivity index (χ3v) is 2.52. The van der Waals surface area contributed by atoms with Gasteiger partial charge in [-0.15, -0.1) is 12.4 Å². The number of nitrogens with one attached hydrogen (secondary N) is 1. The van der Waals surface area contributed by atoms with Crippen molar-refractivity contribution in [2.24, 2.45) is 7.05 Å². The molecule has 0 radical (unpaired) electrons. The van der Waals surface area contributed by atoms with Crippen molar-refractivity contribution in [3.05, 3.63) is 29.8 Å². The normalized spacial score (nSPS) is 10.2. The first kappa shape index (κ1) is 14.5. The lowest BCUT2D eigenvalue weighted by Gasteiger charge is -2.03. The molecule has 0 unspecified atom stereocenters. The molecule has 2 aromatic heterocycles. The molecule has 0 bridgehead atoms. The van der Waals surface area contributed by atoms with Crippen LogP contribution in [0.4, 0.5) is 10.1 Å². The molecule has 0 saturated carbocycles. The van der Waals surface area contributed by atoms with Crippen molar-refractivity contribution >= 4 is 18.1 Å². The molecule has 0 spiro atoms. The van der Waals surface area contributed by atoms with Gasteiger partial charge in [0, 0.05) is 13.2 Å². The van der Waals surface area contributed by atoms with Crippen LogP contribution in [0.1, 0.15) is 11.4 Å². The third kappa shape index (κ3) is 3.46. The van der Waals surface area contributed by atoms with E-state index in [0.717, 1.165) is 17.1 Å². The zero-order chi connectivity index (χ0) is 12.3. The van der Waals surface area contributed by atoms with Crippen molar-refractivity contribution in [2.75, 3.05) is 12.0 Å². The van der Waals surface area contributed by atoms with Crippen molar-refractivity contribution in [3.63, 3.8) is 0 Å². The molecule has 18 heavy (non-hydrogen) atoms. The van der Waals surface area contributed by atoms with E-state index >= 15 is 0 Å². The van der Waals surface area contributed by atoms with Crippen LogP contribution in [0, 0.1) is 6.92 Å². The number of aromatic nitrogens is 4. The molecule has 2 heterocycles. The van der Waals surface area contributed by atoms with E-state index in [1.54, 1.807) is 17.1 Å². The zero-order valence-electron chi connectivity index (χ0n) is 10.4. The minimum absolute atomic E-state index is 0.